The number of carboxylic acid groups (broad SMARTS) is 10. The van der Waals surface area contributed by atoms with Gasteiger partial charge in [-0.3, -0.25) is 47.9 Å². The third-order valence-corrected chi connectivity index (χ3v) is 13.9. The molecule has 0 unspecified atom stereocenters. The first-order valence-electron chi connectivity index (χ1n) is 29.5. The summed E-state index contributed by atoms with van der Waals surface area (Å²) >= 11 is 0. The number of carbonyl (C=O) groups is 10. The zero-order chi connectivity index (χ0) is 69.1. The van der Waals surface area contributed by atoms with E-state index >= 15 is 0 Å². The third-order valence-electron chi connectivity index (χ3n) is 13.9. The lowest BCUT2D eigenvalue weighted by molar-refractivity contribution is -0.138. The summed E-state index contributed by atoms with van der Waals surface area (Å²) in [5.41, 5.74) is 2.08. The second-order valence-electron chi connectivity index (χ2n) is 21.1. The summed E-state index contributed by atoms with van der Waals surface area (Å²) in [6.07, 6.45) is -6.68. The summed E-state index contributed by atoms with van der Waals surface area (Å²) in [6, 6.07) is 14.6. The lowest BCUT2D eigenvalue weighted by Gasteiger charge is -2.22. The number of hydrogen-bond acceptors (Lipinski definition) is 20. The number of carboxylic acids is 10. The molecule has 0 saturated carbocycles. The minimum Gasteiger partial charge on any atom is -0.493 e. The van der Waals surface area contributed by atoms with E-state index in [1.165, 1.54) is 60.7 Å². The molecule has 10 aliphatic rings. The Morgan fingerprint density at radius 2 is 0.274 bits per heavy atom. The molecule has 0 aliphatic heterocycles. The van der Waals surface area contributed by atoms with E-state index in [1.807, 2.05) is 0 Å². The predicted octanol–water partition coefficient (Wildman–Crippen LogP) is 6.49. The van der Waals surface area contributed by atoms with Crippen LogP contribution in [0.4, 0.5) is 0 Å². The van der Waals surface area contributed by atoms with Crippen LogP contribution >= 0.6 is 0 Å². The number of benzene rings is 5. The normalized spacial score (nSPS) is 11.6. The van der Waals surface area contributed by atoms with Crippen LogP contribution in [0.2, 0.25) is 0 Å². The molecule has 30 nitrogen and oxygen atoms in total. The Balaban J connectivity index is 1.81. The maximum atomic E-state index is 12.0. The van der Waals surface area contributed by atoms with Crippen molar-refractivity contribution in [2.75, 3.05) is 66.1 Å². The molecule has 0 fully saturated rings. The highest BCUT2D eigenvalue weighted by Crippen LogP contribution is 2.43. The fraction of sp³-hybridized carbons (Fsp3) is 0.385. The highest BCUT2D eigenvalue weighted by atomic mass is 16.5. The van der Waals surface area contributed by atoms with E-state index in [9.17, 15) is 99.0 Å². The van der Waals surface area contributed by atoms with Crippen LogP contribution in [0, 0.1) is 0 Å². The van der Waals surface area contributed by atoms with Crippen LogP contribution in [-0.4, -0.2) is 177 Å². The molecule has 0 heterocycles. The molecule has 0 radical (unpaired) electrons. The van der Waals surface area contributed by atoms with Gasteiger partial charge in [-0.15, -0.1) is 0 Å². The van der Waals surface area contributed by atoms with Gasteiger partial charge < -0.3 is 98.4 Å². The smallest absolute Gasteiger partial charge is 0.306 e. The minimum absolute atomic E-state index is 0.00641. The molecule has 95 heavy (non-hydrogen) atoms. The van der Waals surface area contributed by atoms with Crippen molar-refractivity contribution in [2.24, 2.45) is 0 Å². The molecule has 0 atom stereocenters. The first-order valence-corrected chi connectivity index (χ1v) is 29.5. The van der Waals surface area contributed by atoms with Crippen molar-refractivity contribution < 1.29 is 146 Å². The molecule has 10 aliphatic carbocycles. The largest absolute Gasteiger partial charge is 0.493 e. The summed E-state index contributed by atoms with van der Waals surface area (Å²) < 4.78 is 62.0. The van der Waals surface area contributed by atoms with Crippen molar-refractivity contribution in [2.45, 2.75) is 96.3 Å². The Hall–Kier alpha value is -11.2. The van der Waals surface area contributed by atoms with Crippen LogP contribution in [0.3, 0.4) is 0 Å². The van der Waals surface area contributed by atoms with Gasteiger partial charge in [0.25, 0.3) is 0 Å². The van der Waals surface area contributed by atoms with E-state index in [4.69, 9.17) is 47.4 Å². The van der Waals surface area contributed by atoms with Crippen LogP contribution < -0.4 is 47.4 Å². The van der Waals surface area contributed by atoms with E-state index in [2.05, 4.69) is 0 Å². The zero-order valence-electron chi connectivity index (χ0n) is 51.1. The zero-order valence-corrected chi connectivity index (χ0v) is 51.1. The van der Waals surface area contributed by atoms with Gasteiger partial charge in [0.15, 0.2) is 0 Å². The van der Waals surface area contributed by atoms with Gasteiger partial charge in [-0.25, -0.2) is 0 Å². The molecule has 5 aromatic rings. The highest BCUT2D eigenvalue weighted by Gasteiger charge is 2.26. The van der Waals surface area contributed by atoms with Gasteiger partial charge >= 0.3 is 59.7 Å². The van der Waals surface area contributed by atoms with Crippen molar-refractivity contribution in [1.82, 2.24) is 0 Å². The van der Waals surface area contributed by atoms with Crippen molar-refractivity contribution >= 4 is 59.7 Å². The Morgan fingerprint density at radius 3 is 0.347 bits per heavy atom. The van der Waals surface area contributed by atoms with E-state index in [-0.39, 0.29) is 145 Å². The molecule has 30 heteroatoms. The van der Waals surface area contributed by atoms with Gasteiger partial charge in [0.1, 0.15) is 57.5 Å². The molecular weight excluding hydrogens is 1260 g/mol. The summed E-state index contributed by atoms with van der Waals surface area (Å²) in [7, 11) is 0. The van der Waals surface area contributed by atoms with E-state index in [0.717, 1.165) is 0 Å². The van der Waals surface area contributed by atoms with Gasteiger partial charge in [-0.05, 0) is 60.7 Å². The number of aliphatic carboxylic acids is 10. The van der Waals surface area contributed by atoms with Gasteiger partial charge in [0, 0.05) is 87.7 Å². The lowest BCUT2D eigenvalue weighted by atomic mass is 9.94. The highest BCUT2D eigenvalue weighted by molar-refractivity contribution is 5.71. The average Bonchev–Trinajstić information content (AvgIpc) is 1.10. The third kappa shape index (κ3) is 24.4. The summed E-state index contributed by atoms with van der Waals surface area (Å²) in [5.74, 6) is -12.6. The van der Waals surface area contributed by atoms with Crippen LogP contribution in [-0.2, 0) is 80.0 Å². The van der Waals surface area contributed by atoms with Gasteiger partial charge in [-0.2, -0.15) is 0 Å². The van der Waals surface area contributed by atoms with Crippen LogP contribution in [0.5, 0.6) is 57.5 Å². The number of hydrogen-bond donors (Lipinski definition) is 10. The van der Waals surface area contributed by atoms with E-state index in [1.54, 1.807) is 0 Å². The van der Waals surface area contributed by atoms with Crippen LogP contribution in [0.1, 0.15) is 120 Å². The first kappa shape index (κ1) is 72.9. The van der Waals surface area contributed by atoms with Gasteiger partial charge in [0.2, 0.25) is 0 Å². The summed E-state index contributed by atoms with van der Waals surface area (Å²) in [4.78, 5) is 120. The first-order chi connectivity index (χ1) is 45.3. The molecule has 510 valence electrons. The van der Waals surface area contributed by atoms with Crippen molar-refractivity contribution in [3.63, 3.8) is 0 Å². The number of rotatable bonds is 40. The second-order valence-corrected chi connectivity index (χ2v) is 21.1. The van der Waals surface area contributed by atoms with Crippen molar-refractivity contribution in [1.29, 1.82) is 0 Å². The molecular formula is C65H70O30. The van der Waals surface area contributed by atoms with E-state index in [0.29, 0.717) is 0 Å². The molecule has 0 spiro atoms. The van der Waals surface area contributed by atoms with E-state index < -0.39 is 190 Å². The fourth-order valence-corrected chi connectivity index (χ4v) is 9.45. The molecule has 10 N–H and O–H groups in total. The predicted molar refractivity (Wildman–Crippen MR) is 324 cm³/mol. The average molecular weight is 1330 g/mol. The van der Waals surface area contributed by atoms with Gasteiger partial charge in [-0.1, -0.05) is 0 Å². The lowest BCUT2D eigenvalue weighted by Crippen LogP contribution is -2.12. The second kappa shape index (κ2) is 36.1. The molecule has 0 amide bonds. The molecule has 10 bridgehead atoms. The summed E-state index contributed by atoms with van der Waals surface area (Å²) in [5, 5.41) is 97.7. The van der Waals surface area contributed by atoms with Crippen LogP contribution in [0.15, 0.2) is 60.7 Å². The fourth-order valence-electron chi connectivity index (χ4n) is 9.45. The Labute approximate surface area is 540 Å². The Kier molecular flexibility index (Phi) is 27.7. The Morgan fingerprint density at radius 1 is 0.189 bits per heavy atom. The van der Waals surface area contributed by atoms with Crippen molar-refractivity contribution in [3.8, 4) is 57.5 Å². The maximum Gasteiger partial charge on any atom is 0.306 e. The molecule has 5 aromatic carbocycles. The monoisotopic (exact) mass is 1330 g/mol. The molecule has 0 aromatic heterocycles. The number of ether oxygens (including phenoxy) is 10. The molecule has 15 rings (SSSR count). The topological polar surface area (TPSA) is 465 Å². The minimum atomic E-state index is -1.26. The van der Waals surface area contributed by atoms with Crippen molar-refractivity contribution in [3.05, 3.63) is 116 Å². The Bertz CT molecular complexity index is 2850. The van der Waals surface area contributed by atoms with Crippen LogP contribution in [0.25, 0.3) is 0 Å². The van der Waals surface area contributed by atoms with Gasteiger partial charge in [0.05, 0.1) is 130 Å². The summed E-state index contributed by atoms with van der Waals surface area (Å²) in [6.45, 7) is -4.46. The standard InChI is InChI=1S/C65H70O30/c66-56(67)1-11-86-46-26-37-22-39-29-51(91-16-6-61(76)77)41(31-50(39)90-15-5-60(74)75)24-43-33-55(95-20-10-65(84)85)45(35-54(43)94-19-9-64(82)83)25-44-34-52(92-17-7-62(78)79)42(32-53(44)93-18-8-63(80)81)23-40-30-48(88-13-3-58(70)71)38(28-49(40)89-14-4-59(72)73)21-36(46)27-47(37)87-12-2-57(68)69/h26-35H,1-25H2,(H,66,67)(H,68,69)(H,70,71)(H,72,73)(H,74,75)(H,76,77)(H,78,79)(H,80,81)(H,82,83)(H,84,85). The SMILES string of the molecule is O=C(O)CCOc1cc2c(OCCC(=O)O)cc1Cc1cc(OCCC(=O)O)c(cc1OCCC(=O)O)Cc1cc(OCCC(=O)O)c(cc1OCCC(=O)O)Cc1cc(OCCC(=O)O)c(cc1OCCC(=O)O)Cc1cc(OCCC(=O)O)c(cc1OCCC(=O)O)C2. The molecule has 0 saturated heterocycles. The maximum absolute atomic E-state index is 12.0. The quantitative estimate of drug-likeness (QED) is 0.0196.